The average Bonchev–Trinajstić information content (AvgIpc) is 2.96. The zero-order chi connectivity index (χ0) is 14.0. The average molecular weight is 282 g/mol. The van der Waals surface area contributed by atoms with Gasteiger partial charge in [0.2, 0.25) is 0 Å². The Bertz CT molecular complexity index is 484. The van der Waals surface area contributed by atoms with Gasteiger partial charge in [0.1, 0.15) is 4.88 Å². The Morgan fingerprint density at radius 3 is 2.74 bits per heavy atom. The van der Waals surface area contributed by atoms with Gasteiger partial charge in [-0.05, 0) is 19.3 Å². The van der Waals surface area contributed by atoms with Crippen LogP contribution in [0, 0.1) is 5.92 Å². The smallest absolute Gasteiger partial charge is 0.306 e. The number of carbonyl (C=O) groups excluding carboxylic acids is 1. The van der Waals surface area contributed by atoms with Crippen LogP contribution in [0.5, 0.6) is 0 Å². The summed E-state index contributed by atoms with van der Waals surface area (Å²) in [5.41, 5.74) is 0. The third-order valence-electron chi connectivity index (χ3n) is 3.36. The molecule has 5 nitrogen and oxygen atoms in total. The van der Waals surface area contributed by atoms with Crippen molar-refractivity contribution in [1.82, 2.24) is 10.3 Å². The van der Waals surface area contributed by atoms with Crippen LogP contribution in [0.25, 0.3) is 0 Å². The largest absolute Gasteiger partial charge is 0.481 e. The number of thiazole rings is 1. The molecule has 0 saturated heterocycles. The summed E-state index contributed by atoms with van der Waals surface area (Å²) in [5, 5.41) is 12.8. The topological polar surface area (TPSA) is 79.3 Å². The van der Waals surface area contributed by atoms with Crippen molar-refractivity contribution in [3.8, 4) is 0 Å². The third-order valence-corrected chi connectivity index (χ3v) is 4.66. The van der Waals surface area contributed by atoms with Crippen LogP contribution in [0.4, 0.5) is 0 Å². The lowest BCUT2D eigenvalue weighted by molar-refractivity contribution is -0.141. The maximum absolute atomic E-state index is 12.0. The second kappa shape index (κ2) is 5.69. The molecule has 2 atom stereocenters. The first-order chi connectivity index (χ1) is 8.97. The minimum absolute atomic E-state index is 0.0294. The summed E-state index contributed by atoms with van der Waals surface area (Å²) in [7, 11) is 0. The van der Waals surface area contributed by atoms with Crippen molar-refractivity contribution in [3.05, 3.63) is 16.1 Å². The van der Waals surface area contributed by atoms with E-state index in [-0.39, 0.29) is 17.9 Å². The van der Waals surface area contributed by atoms with Crippen molar-refractivity contribution < 1.29 is 14.7 Å². The molecular formula is C13H18N2O3S. The van der Waals surface area contributed by atoms with Crippen molar-refractivity contribution in [1.29, 1.82) is 0 Å². The molecule has 104 valence electrons. The van der Waals surface area contributed by atoms with Crippen LogP contribution >= 0.6 is 11.3 Å². The van der Waals surface area contributed by atoms with Crippen LogP contribution < -0.4 is 5.32 Å². The number of nitrogens with zero attached hydrogens (tertiary/aromatic N) is 1. The summed E-state index contributed by atoms with van der Waals surface area (Å²) >= 11 is 1.40. The first-order valence-electron chi connectivity index (χ1n) is 6.46. The number of rotatable bonds is 4. The van der Waals surface area contributed by atoms with E-state index in [0.717, 1.165) is 11.4 Å². The SMILES string of the molecule is CC(C)c1ncc(C(=O)N[C@@H]2CC[C@H](C(=O)O)C2)s1. The Morgan fingerprint density at radius 1 is 1.47 bits per heavy atom. The molecule has 1 aliphatic carbocycles. The number of aromatic nitrogens is 1. The molecule has 19 heavy (non-hydrogen) atoms. The number of carboxylic acid groups (broad SMARTS) is 1. The van der Waals surface area contributed by atoms with Crippen LogP contribution in [0.2, 0.25) is 0 Å². The molecule has 0 radical (unpaired) electrons. The van der Waals surface area contributed by atoms with Crippen LogP contribution in [-0.2, 0) is 4.79 Å². The lowest BCUT2D eigenvalue weighted by atomic mass is 10.1. The fourth-order valence-electron chi connectivity index (χ4n) is 2.25. The Kier molecular flexibility index (Phi) is 4.19. The van der Waals surface area contributed by atoms with Crippen molar-refractivity contribution in [2.75, 3.05) is 0 Å². The highest BCUT2D eigenvalue weighted by atomic mass is 32.1. The normalized spacial score (nSPS) is 22.7. The number of aliphatic carboxylic acids is 1. The van der Waals surface area contributed by atoms with Crippen LogP contribution in [0.15, 0.2) is 6.20 Å². The molecule has 6 heteroatoms. The van der Waals surface area contributed by atoms with Crippen LogP contribution in [-0.4, -0.2) is 28.0 Å². The van der Waals surface area contributed by atoms with E-state index in [1.807, 2.05) is 13.8 Å². The minimum atomic E-state index is -0.767. The number of carbonyl (C=O) groups is 2. The first-order valence-corrected chi connectivity index (χ1v) is 7.28. The predicted octanol–water partition coefficient (Wildman–Crippen LogP) is 2.25. The van der Waals surface area contributed by atoms with Gasteiger partial charge in [-0.2, -0.15) is 0 Å². The van der Waals surface area contributed by atoms with Crippen molar-refractivity contribution in [3.63, 3.8) is 0 Å². The highest BCUT2D eigenvalue weighted by Gasteiger charge is 2.30. The quantitative estimate of drug-likeness (QED) is 0.887. The van der Waals surface area contributed by atoms with Gasteiger partial charge in [0.15, 0.2) is 0 Å². The summed E-state index contributed by atoms with van der Waals surface area (Å²) in [5.74, 6) is -0.913. The van der Waals surface area contributed by atoms with E-state index >= 15 is 0 Å². The fourth-order valence-corrected chi connectivity index (χ4v) is 3.08. The van der Waals surface area contributed by atoms with Crippen molar-refractivity contribution >= 4 is 23.2 Å². The maximum atomic E-state index is 12.0. The summed E-state index contributed by atoms with van der Waals surface area (Å²) in [6.45, 7) is 4.07. The standard InChI is InChI=1S/C13H18N2O3S/c1-7(2)12-14-6-10(19-12)11(16)15-9-4-3-8(5-9)13(17)18/h6-9H,3-5H2,1-2H3,(H,15,16)(H,17,18)/t8-,9+/m0/s1. The predicted molar refractivity (Wildman–Crippen MR) is 72.4 cm³/mol. The number of carboxylic acids is 1. The molecule has 1 aliphatic rings. The van der Waals surface area contributed by atoms with Crippen LogP contribution in [0.1, 0.15) is 53.7 Å². The second-order valence-corrected chi connectivity index (χ2v) is 6.30. The highest BCUT2D eigenvalue weighted by molar-refractivity contribution is 7.13. The van der Waals surface area contributed by atoms with Crippen molar-refractivity contribution in [2.24, 2.45) is 5.92 Å². The molecule has 1 heterocycles. The lowest BCUT2D eigenvalue weighted by Crippen LogP contribution is -2.32. The van der Waals surface area contributed by atoms with E-state index < -0.39 is 5.97 Å². The van der Waals surface area contributed by atoms with Gasteiger partial charge in [-0.1, -0.05) is 13.8 Å². The van der Waals surface area contributed by atoms with Gasteiger partial charge < -0.3 is 10.4 Å². The summed E-state index contributed by atoms with van der Waals surface area (Å²) in [6, 6.07) is -0.0294. The Balaban J connectivity index is 1.92. The molecule has 2 rings (SSSR count). The lowest BCUT2D eigenvalue weighted by Gasteiger charge is -2.11. The van der Waals surface area contributed by atoms with E-state index in [2.05, 4.69) is 10.3 Å². The molecule has 1 saturated carbocycles. The van der Waals surface area contributed by atoms with Gasteiger partial charge in [0.25, 0.3) is 5.91 Å². The summed E-state index contributed by atoms with van der Waals surface area (Å²) in [4.78, 5) is 27.7. The monoisotopic (exact) mass is 282 g/mol. The highest BCUT2D eigenvalue weighted by Crippen LogP contribution is 2.26. The Morgan fingerprint density at radius 2 is 2.21 bits per heavy atom. The summed E-state index contributed by atoms with van der Waals surface area (Å²) in [6.07, 6.45) is 3.49. The van der Waals surface area contributed by atoms with E-state index in [0.29, 0.717) is 23.6 Å². The zero-order valence-corrected chi connectivity index (χ0v) is 11.9. The fraction of sp³-hybridized carbons (Fsp3) is 0.615. The zero-order valence-electron chi connectivity index (χ0n) is 11.0. The van der Waals surface area contributed by atoms with Gasteiger partial charge >= 0.3 is 5.97 Å². The molecule has 0 unspecified atom stereocenters. The van der Waals surface area contributed by atoms with E-state index in [1.165, 1.54) is 11.3 Å². The molecule has 0 spiro atoms. The van der Waals surface area contributed by atoms with Gasteiger partial charge in [-0.15, -0.1) is 11.3 Å². The Labute approximate surface area is 116 Å². The molecule has 0 aromatic carbocycles. The molecule has 0 aliphatic heterocycles. The summed E-state index contributed by atoms with van der Waals surface area (Å²) < 4.78 is 0. The van der Waals surface area contributed by atoms with E-state index in [1.54, 1.807) is 6.20 Å². The van der Waals surface area contributed by atoms with Gasteiger partial charge in [-0.3, -0.25) is 9.59 Å². The first kappa shape index (κ1) is 14.0. The second-order valence-electron chi connectivity index (χ2n) is 5.24. The van der Waals surface area contributed by atoms with Gasteiger partial charge in [0.05, 0.1) is 17.1 Å². The third kappa shape index (κ3) is 3.32. The Hall–Kier alpha value is -1.43. The molecule has 1 amide bonds. The van der Waals surface area contributed by atoms with E-state index in [9.17, 15) is 9.59 Å². The van der Waals surface area contributed by atoms with E-state index in [4.69, 9.17) is 5.11 Å². The molecule has 1 fully saturated rings. The number of hydrogen-bond acceptors (Lipinski definition) is 4. The number of hydrogen-bond donors (Lipinski definition) is 2. The number of amides is 1. The van der Waals surface area contributed by atoms with Crippen molar-refractivity contribution in [2.45, 2.75) is 45.1 Å². The van der Waals surface area contributed by atoms with Gasteiger partial charge in [0, 0.05) is 12.0 Å². The van der Waals surface area contributed by atoms with Crippen LogP contribution in [0.3, 0.4) is 0 Å². The molecule has 1 aromatic heterocycles. The molecule has 0 bridgehead atoms. The van der Waals surface area contributed by atoms with Gasteiger partial charge in [-0.25, -0.2) is 4.98 Å². The molecule has 2 N–H and O–H groups in total. The molecule has 1 aromatic rings. The molecular weight excluding hydrogens is 264 g/mol. The maximum Gasteiger partial charge on any atom is 0.306 e. The minimum Gasteiger partial charge on any atom is -0.481 e. The number of nitrogens with one attached hydrogen (secondary N) is 1.